The highest BCUT2D eigenvalue weighted by Gasteiger charge is 2.12. The quantitative estimate of drug-likeness (QED) is 0.466. The van der Waals surface area contributed by atoms with E-state index in [4.69, 9.17) is 4.74 Å². The van der Waals surface area contributed by atoms with Gasteiger partial charge in [0.05, 0.1) is 6.61 Å². The van der Waals surface area contributed by atoms with Crippen LogP contribution in [0.1, 0.15) is 26.7 Å². The SMILES string of the molecule is CCOC(=O)C(C)NCCCC(=O)NC. The van der Waals surface area contributed by atoms with Gasteiger partial charge in [-0.05, 0) is 26.8 Å². The molecular formula is C10H20N2O3. The molecule has 15 heavy (non-hydrogen) atoms. The molecule has 0 rings (SSSR count). The van der Waals surface area contributed by atoms with Crippen molar-refractivity contribution >= 4 is 11.9 Å². The van der Waals surface area contributed by atoms with E-state index in [0.29, 0.717) is 26.0 Å². The van der Waals surface area contributed by atoms with Crippen molar-refractivity contribution < 1.29 is 14.3 Å². The van der Waals surface area contributed by atoms with E-state index in [1.165, 1.54) is 0 Å². The first kappa shape index (κ1) is 13.9. The molecule has 0 radical (unpaired) electrons. The fraction of sp³-hybridized carbons (Fsp3) is 0.800. The third kappa shape index (κ3) is 6.90. The Morgan fingerprint density at radius 1 is 1.40 bits per heavy atom. The summed E-state index contributed by atoms with van der Waals surface area (Å²) in [4.78, 5) is 22.0. The van der Waals surface area contributed by atoms with Crippen molar-refractivity contribution in [3.05, 3.63) is 0 Å². The summed E-state index contributed by atoms with van der Waals surface area (Å²) in [7, 11) is 1.61. The van der Waals surface area contributed by atoms with Crippen molar-refractivity contribution in [2.45, 2.75) is 32.7 Å². The minimum absolute atomic E-state index is 0.0144. The lowest BCUT2D eigenvalue weighted by atomic mass is 10.2. The topological polar surface area (TPSA) is 67.4 Å². The maximum atomic E-state index is 11.2. The van der Waals surface area contributed by atoms with Crippen LogP contribution in [0.15, 0.2) is 0 Å². The molecule has 0 saturated carbocycles. The lowest BCUT2D eigenvalue weighted by Gasteiger charge is -2.11. The Morgan fingerprint density at radius 2 is 2.07 bits per heavy atom. The molecule has 0 aliphatic carbocycles. The molecule has 0 aliphatic heterocycles. The number of rotatable bonds is 7. The van der Waals surface area contributed by atoms with Crippen molar-refractivity contribution in [1.29, 1.82) is 0 Å². The van der Waals surface area contributed by atoms with Crippen LogP contribution in [0.5, 0.6) is 0 Å². The van der Waals surface area contributed by atoms with Crippen LogP contribution in [0, 0.1) is 0 Å². The summed E-state index contributed by atoms with van der Waals surface area (Å²) >= 11 is 0. The molecule has 0 heterocycles. The predicted molar refractivity (Wildman–Crippen MR) is 57.4 cm³/mol. The zero-order chi connectivity index (χ0) is 11.7. The van der Waals surface area contributed by atoms with E-state index in [1.807, 2.05) is 0 Å². The highest BCUT2D eigenvalue weighted by Crippen LogP contribution is 1.91. The normalized spacial score (nSPS) is 11.9. The van der Waals surface area contributed by atoms with Crippen LogP contribution >= 0.6 is 0 Å². The summed E-state index contributed by atoms with van der Waals surface area (Å²) in [6.45, 7) is 4.55. The summed E-state index contributed by atoms with van der Waals surface area (Å²) in [5.41, 5.74) is 0. The van der Waals surface area contributed by atoms with Crippen LogP contribution in [-0.2, 0) is 14.3 Å². The van der Waals surface area contributed by atoms with E-state index in [1.54, 1.807) is 20.9 Å². The summed E-state index contributed by atoms with van der Waals surface area (Å²) < 4.78 is 4.82. The Balaban J connectivity index is 3.50. The van der Waals surface area contributed by atoms with Gasteiger partial charge in [0.25, 0.3) is 0 Å². The van der Waals surface area contributed by atoms with Gasteiger partial charge in [-0.2, -0.15) is 0 Å². The molecule has 2 N–H and O–H groups in total. The lowest BCUT2D eigenvalue weighted by Crippen LogP contribution is -2.36. The molecule has 0 aliphatic rings. The van der Waals surface area contributed by atoms with Crippen LogP contribution in [0.25, 0.3) is 0 Å². The van der Waals surface area contributed by atoms with Gasteiger partial charge in [0, 0.05) is 13.5 Å². The third-order valence-electron chi connectivity index (χ3n) is 1.95. The second-order valence-corrected chi connectivity index (χ2v) is 3.20. The van der Waals surface area contributed by atoms with E-state index in [9.17, 15) is 9.59 Å². The fourth-order valence-corrected chi connectivity index (χ4v) is 1.04. The average Bonchev–Trinajstić information content (AvgIpc) is 2.23. The molecule has 0 spiro atoms. The molecule has 0 aromatic carbocycles. The second kappa shape index (κ2) is 8.23. The van der Waals surface area contributed by atoms with Crippen molar-refractivity contribution in [1.82, 2.24) is 10.6 Å². The molecule has 0 aromatic rings. The standard InChI is InChI=1S/C10H20N2O3/c1-4-15-10(14)8(2)12-7-5-6-9(13)11-3/h8,12H,4-7H2,1-3H3,(H,11,13). The third-order valence-corrected chi connectivity index (χ3v) is 1.95. The van der Waals surface area contributed by atoms with Gasteiger partial charge >= 0.3 is 5.97 Å². The van der Waals surface area contributed by atoms with Crippen LogP contribution in [-0.4, -0.2) is 38.1 Å². The summed E-state index contributed by atoms with van der Waals surface area (Å²) in [6, 6.07) is -0.311. The first-order chi connectivity index (χ1) is 7.11. The molecule has 0 fully saturated rings. The highest BCUT2D eigenvalue weighted by atomic mass is 16.5. The van der Waals surface area contributed by atoms with Crippen LogP contribution < -0.4 is 10.6 Å². The van der Waals surface area contributed by atoms with Gasteiger partial charge in [-0.3, -0.25) is 9.59 Å². The van der Waals surface area contributed by atoms with Crippen LogP contribution in [0.4, 0.5) is 0 Å². The maximum absolute atomic E-state index is 11.2. The maximum Gasteiger partial charge on any atom is 0.322 e. The van der Waals surface area contributed by atoms with Crippen molar-refractivity contribution in [2.75, 3.05) is 20.2 Å². The number of hydrogen-bond acceptors (Lipinski definition) is 4. The van der Waals surface area contributed by atoms with Crippen LogP contribution in [0.2, 0.25) is 0 Å². The predicted octanol–water partition coefficient (Wildman–Crippen LogP) is 0.0538. The van der Waals surface area contributed by atoms with E-state index >= 15 is 0 Å². The molecule has 5 heteroatoms. The molecule has 88 valence electrons. The zero-order valence-corrected chi connectivity index (χ0v) is 9.63. The van der Waals surface area contributed by atoms with Gasteiger partial charge in [0.2, 0.25) is 5.91 Å². The molecule has 1 atom stereocenters. The van der Waals surface area contributed by atoms with Gasteiger partial charge in [-0.15, -0.1) is 0 Å². The van der Waals surface area contributed by atoms with Gasteiger partial charge in [0.15, 0.2) is 0 Å². The number of hydrogen-bond donors (Lipinski definition) is 2. The molecule has 1 amide bonds. The first-order valence-corrected chi connectivity index (χ1v) is 5.22. The smallest absolute Gasteiger partial charge is 0.322 e. The first-order valence-electron chi connectivity index (χ1n) is 5.22. The lowest BCUT2D eigenvalue weighted by molar-refractivity contribution is -0.145. The van der Waals surface area contributed by atoms with Crippen molar-refractivity contribution in [3.63, 3.8) is 0 Å². The van der Waals surface area contributed by atoms with E-state index in [2.05, 4.69) is 10.6 Å². The number of ether oxygens (including phenoxy) is 1. The van der Waals surface area contributed by atoms with E-state index in [0.717, 1.165) is 0 Å². The number of carbonyl (C=O) groups excluding carboxylic acids is 2. The Morgan fingerprint density at radius 3 is 2.60 bits per heavy atom. The minimum atomic E-state index is -0.311. The number of carbonyl (C=O) groups is 2. The minimum Gasteiger partial charge on any atom is -0.465 e. The van der Waals surface area contributed by atoms with Crippen LogP contribution in [0.3, 0.4) is 0 Å². The Bertz CT molecular complexity index is 207. The van der Waals surface area contributed by atoms with E-state index < -0.39 is 0 Å². The Kier molecular flexibility index (Phi) is 7.62. The molecule has 0 bridgehead atoms. The fourth-order valence-electron chi connectivity index (χ4n) is 1.04. The molecule has 0 aromatic heterocycles. The van der Waals surface area contributed by atoms with Crippen molar-refractivity contribution in [3.8, 4) is 0 Å². The van der Waals surface area contributed by atoms with Gasteiger partial charge in [0.1, 0.15) is 6.04 Å². The summed E-state index contributed by atoms with van der Waals surface area (Å²) in [5, 5.41) is 5.53. The molecular weight excluding hydrogens is 196 g/mol. The molecule has 5 nitrogen and oxygen atoms in total. The van der Waals surface area contributed by atoms with E-state index in [-0.39, 0.29) is 17.9 Å². The van der Waals surface area contributed by atoms with Gasteiger partial charge < -0.3 is 15.4 Å². The van der Waals surface area contributed by atoms with Gasteiger partial charge in [-0.1, -0.05) is 0 Å². The average molecular weight is 216 g/mol. The zero-order valence-electron chi connectivity index (χ0n) is 9.63. The number of nitrogens with one attached hydrogen (secondary N) is 2. The van der Waals surface area contributed by atoms with Crippen molar-refractivity contribution in [2.24, 2.45) is 0 Å². The Hall–Kier alpha value is -1.10. The second-order valence-electron chi connectivity index (χ2n) is 3.20. The van der Waals surface area contributed by atoms with Gasteiger partial charge in [-0.25, -0.2) is 0 Å². The largest absolute Gasteiger partial charge is 0.465 e. The number of amides is 1. The molecule has 0 saturated heterocycles. The summed E-state index contributed by atoms with van der Waals surface area (Å²) in [6.07, 6.45) is 1.18. The molecule has 1 unspecified atom stereocenters. The monoisotopic (exact) mass is 216 g/mol. The summed E-state index contributed by atoms with van der Waals surface area (Å²) in [5.74, 6) is -0.238. The number of esters is 1. The highest BCUT2D eigenvalue weighted by molar-refractivity contribution is 5.76. The Labute approximate surface area is 90.6 Å².